The van der Waals surface area contributed by atoms with E-state index >= 15 is 0 Å². The number of hydrogen-bond acceptors (Lipinski definition) is 2. The van der Waals surface area contributed by atoms with E-state index in [1.807, 2.05) is 12.1 Å². The van der Waals surface area contributed by atoms with E-state index in [9.17, 15) is 5.11 Å². The molecule has 2 aromatic carbocycles. The molecule has 0 saturated carbocycles. The van der Waals surface area contributed by atoms with Gasteiger partial charge in [0.05, 0.1) is 0 Å². The van der Waals surface area contributed by atoms with Crippen LogP contribution in [0.25, 0.3) is 0 Å². The molecule has 0 aliphatic rings. The summed E-state index contributed by atoms with van der Waals surface area (Å²) in [5, 5.41) is 12.9. The Hall–Kier alpha value is -1.32. The van der Waals surface area contributed by atoms with E-state index in [2.05, 4.69) is 59.4 Å². The van der Waals surface area contributed by atoms with Gasteiger partial charge in [-0.2, -0.15) is 0 Å². The summed E-state index contributed by atoms with van der Waals surface area (Å²) < 4.78 is 1.11. The highest BCUT2D eigenvalue weighted by Crippen LogP contribution is 2.18. The third-order valence-electron chi connectivity index (χ3n) is 3.38. The van der Waals surface area contributed by atoms with Gasteiger partial charge in [0.25, 0.3) is 0 Å². The van der Waals surface area contributed by atoms with Crippen LogP contribution in [0.15, 0.2) is 53.0 Å². The quantitative estimate of drug-likeness (QED) is 0.847. The van der Waals surface area contributed by atoms with E-state index in [1.54, 1.807) is 12.1 Å². The normalized spacial score (nSPS) is 13.9. The molecule has 0 spiro atoms. The molecule has 0 bridgehead atoms. The lowest BCUT2D eigenvalue weighted by atomic mass is 10.0. The predicted molar refractivity (Wildman–Crippen MR) is 87.0 cm³/mol. The van der Waals surface area contributed by atoms with Crippen LogP contribution in [0.4, 0.5) is 0 Å². The topological polar surface area (TPSA) is 32.3 Å². The minimum atomic E-state index is 0.265. The molecule has 20 heavy (non-hydrogen) atoms. The maximum Gasteiger partial charge on any atom is 0.115 e. The molecule has 3 heteroatoms. The van der Waals surface area contributed by atoms with Crippen LogP contribution in [0.2, 0.25) is 0 Å². The number of halogens is 1. The van der Waals surface area contributed by atoms with Gasteiger partial charge in [-0.05, 0) is 55.7 Å². The molecule has 2 N–H and O–H groups in total. The maximum atomic E-state index is 9.31. The first kappa shape index (κ1) is 15.1. The molecule has 0 aliphatic heterocycles. The summed E-state index contributed by atoms with van der Waals surface area (Å²) >= 11 is 3.45. The molecule has 0 heterocycles. The van der Waals surface area contributed by atoms with Gasteiger partial charge >= 0.3 is 0 Å². The minimum absolute atomic E-state index is 0.265. The van der Waals surface area contributed by atoms with E-state index in [0.29, 0.717) is 11.8 Å². The zero-order valence-electron chi connectivity index (χ0n) is 11.8. The Bertz CT molecular complexity index is 536. The Morgan fingerprint density at radius 2 is 1.60 bits per heavy atom. The van der Waals surface area contributed by atoms with Crippen LogP contribution in [-0.4, -0.2) is 11.1 Å². The highest BCUT2D eigenvalue weighted by molar-refractivity contribution is 9.10. The summed E-state index contributed by atoms with van der Waals surface area (Å²) in [4.78, 5) is 0. The van der Waals surface area contributed by atoms with Gasteiger partial charge in [0.2, 0.25) is 0 Å². The number of hydrogen-bond donors (Lipinski definition) is 2. The van der Waals surface area contributed by atoms with Crippen molar-refractivity contribution in [1.82, 2.24) is 5.32 Å². The lowest BCUT2D eigenvalue weighted by molar-refractivity contribution is 0.468. The van der Waals surface area contributed by atoms with Crippen molar-refractivity contribution in [2.45, 2.75) is 32.4 Å². The van der Waals surface area contributed by atoms with Gasteiger partial charge in [-0.3, -0.25) is 0 Å². The molecular weight excluding hydrogens is 314 g/mol. The number of rotatable bonds is 5. The Morgan fingerprint density at radius 3 is 2.20 bits per heavy atom. The largest absolute Gasteiger partial charge is 0.508 e. The molecule has 0 aromatic heterocycles. The second kappa shape index (κ2) is 6.91. The van der Waals surface area contributed by atoms with E-state index in [1.165, 1.54) is 11.1 Å². The van der Waals surface area contributed by atoms with Crippen molar-refractivity contribution in [3.8, 4) is 5.75 Å². The second-order valence-electron chi connectivity index (χ2n) is 5.21. The summed E-state index contributed by atoms with van der Waals surface area (Å²) in [5.74, 6) is 0.309. The van der Waals surface area contributed by atoms with Crippen LogP contribution in [0.3, 0.4) is 0 Å². The predicted octanol–water partition coefficient (Wildman–Crippen LogP) is 4.44. The van der Waals surface area contributed by atoms with Crippen LogP contribution in [0.1, 0.15) is 31.0 Å². The molecule has 2 rings (SSSR count). The number of aromatic hydroxyl groups is 1. The van der Waals surface area contributed by atoms with E-state index in [0.717, 1.165) is 10.9 Å². The lowest BCUT2D eigenvalue weighted by Gasteiger charge is -2.20. The number of phenols is 1. The van der Waals surface area contributed by atoms with Crippen molar-refractivity contribution in [3.05, 3.63) is 64.1 Å². The molecule has 2 atom stereocenters. The van der Waals surface area contributed by atoms with Crippen molar-refractivity contribution in [2.75, 3.05) is 0 Å². The molecule has 0 saturated heterocycles. The zero-order valence-corrected chi connectivity index (χ0v) is 13.4. The molecule has 0 radical (unpaired) electrons. The van der Waals surface area contributed by atoms with Gasteiger partial charge in [0, 0.05) is 16.6 Å². The summed E-state index contributed by atoms with van der Waals surface area (Å²) in [6.45, 7) is 4.34. The molecule has 2 nitrogen and oxygen atoms in total. The zero-order chi connectivity index (χ0) is 14.5. The maximum absolute atomic E-state index is 9.31. The summed E-state index contributed by atoms with van der Waals surface area (Å²) in [7, 11) is 0. The molecule has 0 aliphatic carbocycles. The third kappa shape index (κ3) is 4.36. The van der Waals surface area contributed by atoms with E-state index in [-0.39, 0.29) is 6.04 Å². The summed E-state index contributed by atoms with van der Waals surface area (Å²) in [6.07, 6.45) is 0.996. The summed E-state index contributed by atoms with van der Waals surface area (Å²) in [5.41, 5.74) is 2.51. The van der Waals surface area contributed by atoms with Crippen LogP contribution < -0.4 is 5.32 Å². The smallest absolute Gasteiger partial charge is 0.115 e. The molecule has 106 valence electrons. The van der Waals surface area contributed by atoms with Crippen molar-refractivity contribution in [1.29, 1.82) is 0 Å². The standard InChI is InChI=1S/C17H20BrNO/c1-12(11-14-3-7-16(18)8-4-14)19-13(2)15-5-9-17(20)10-6-15/h3-10,12-13,19-20H,11H2,1-2H3. The fourth-order valence-electron chi connectivity index (χ4n) is 2.32. The first-order valence-electron chi connectivity index (χ1n) is 6.84. The van der Waals surface area contributed by atoms with Crippen LogP contribution in [0, 0.1) is 0 Å². The van der Waals surface area contributed by atoms with Crippen molar-refractivity contribution in [3.63, 3.8) is 0 Å². The van der Waals surface area contributed by atoms with Gasteiger partial charge in [-0.25, -0.2) is 0 Å². The third-order valence-corrected chi connectivity index (χ3v) is 3.91. The molecule has 2 aromatic rings. The molecule has 2 unspecified atom stereocenters. The number of nitrogens with one attached hydrogen (secondary N) is 1. The highest BCUT2D eigenvalue weighted by atomic mass is 79.9. The molecule has 0 amide bonds. The SMILES string of the molecule is CC(Cc1ccc(Br)cc1)NC(C)c1ccc(O)cc1. The van der Waals surface area contributed by atoms with Gasteiger partial charge in [0.1, 0.15) is 5.75 Å². The summed E-state index contributed by atoms with van der Waals surface area (Å²) in [6, 6.07) is 16.5. The van der Waals surface area contributed by atoms with Gasteiger partial charge in [0.15, 0.2) is 0 Å². The van der Waals surface area contributed by atoms with E-state index < -0.39 is 0 Å². The Labute approximate surface area is 129 Å². The first-order valence-corrected chi connectivity index (χ1v) is 7.63. The highest BCUT2D eigenvalue weighted by Gasteiger charge is 2.10. The van der Waals surface area contributed by atoms with Crippen molar-refractivity contribution in [2.24, 2.45) is 0 Å². The monoisotopic (exact) mass is 333 g/mol. The van der Waals surface area contributed by atoms with Crippen LogP contribution >= 0.6 is 15.9 Å². The average molecular weight is 334 g/mol. The van der Waals surface area contributed by atoms with Crippen molar-refractivity contribution < 1.29 is 5.11 Å². The Kier molecular flexibility index (Phi) is 5.21. The average Bonchev–Trinajstić information content (AvgIpc) is 2.42. The van der Waals surface area contributed by atoms with Gasteiger partial charge in [-0.15, -0.1) is 0 Å². The molecule has 0 fully saturated rings. The second-order valence-corrected chi connectivity index (χ2v) is 6.13. The van der Waals surface area contributed by atoms with Crippen molar-refractivity contribution >= 4 is 15.9 Å². The number of phenolic OH excluding ortho intramolecular Hbond substituents is 1. The Morgan fingerprint density at radius 1 is 1.00 bits per heavy atom. The van der Waals surface area contributed by atoms with Gasteiger partial charge in [-0.1, -0.05) is 40.2 Å². The van der Waals surface area contributed by atoms with Crippen LogP contribution in [0.5, 0.6) is 5.75 Å². The fourth-order valence-corrected chi connectivity index (χ4v) is 2.58. The lowest BCUT2D eigenvalue weighted by Crippen LogP contribution is -2.30. The fraction of sp³-hybridized carbons (Fsp3) is 0.294. The minimum Gasteiger partial charge on any atom is -0.508 e. The Balaban J connectivity index is 1.92. The number of benzene rings is 2. The van der Waals surface area contributed by atoms with Crippen LogP contribution in [-0.2, 0) is 6.42 Å². The van der Waals surface area contributed by atoms with Gasteiger partial charge < -0.3 is 10.4 Å². The first-order chi connectivity index (χ1) is 9.54. The van der Waals surface area contributed by atoms with E-state index in [4.69, 9.17) is 0 Å². The molecular formula is C17H20BrNO.